The quantitative estimate of drug-likeness (QED) is 0.289. The van der Waals surface area contributed by atoms with Crippen LogP contribution in [0.1, 0.15) is 50.3 Å². The Balaban J connectivity index is 1.61. The Bertz CT molecular complexity index is 1150. The highest BCUT2D eigenvalue weighted by Gasteiger charge is 2.40. The van der Waals surface area contributed by atoms with Crippen molar-refractivity contribution in [3.05, 3.63) is 59.4 Å². The first kappa shape index (κ1) is 31.1. The van der Waals surface area contributed by atoms with E-state index in [4.69, 9.17) is 4.74 Å². The van der Waals surface area contributed by atoms with Crippen molar-refractivity contribution < 1.29 is 34.3 Å². The van der Waals surface area contributed by atoms with Crippen LogP contribution in [0.5, 0.6) is 11.5 Å². The Kier molecular flexibility index (Phi) is 10.6. The number of nitrogens with one attached hydrogen (secondary N) is 3. The first-order valence-electron chi connectivity index (χ1n) is 14.3. The van der Waals surface area contributed by atoms with E-state index in [1.807, 2.05) is 6.92 Å². The maximum atomic E-state index is 13.5. The number of fused-ring (bicyclic) bond motifs is 1. The lowest BCUT2D eigenvalue weighted by Gasteiger charge is -2.39. The number of amides is 1. The Morgan fingerprint density at radius 3 is 2.49 bits per heavy atom. The summed E-state index contributed by atoms with van der Waals surface area (Å²) < 4.78 is 19.7. The number of nitrogens with zero attached hydrogens (tertiary/aromatic N) is 1. The van der Waals surface area contributed by atoms with Crippen LogP contribution >= 0.6 is 0 Å². The molecule has 7 N–H and O–H groups in total. The van der Waals surface area contributed by atoms with Crippen molar-refractivity contribution in [3.8, 4) is 11.5 Å². The number of ether oxygens (including phenoxy) is 1. The summed E-state index contributed by atoms with van der Waals surface area (Å²) in [7, 11) is 1.69. The van der Waals surface area contributed by atoms with Gasteiger partial charge in [0.15, 0.2) is 0 Å². The van der Waals surface area contributed by atoms with Gasteiger partial charge < -0.3 is 35.8 Å². The van der Waals surface area contributed by atoms with Gasteiger partial charge in [0.1, 0.15) is 48.0 Å². The van der Waals surface area contributed by atoms with Crippen LogP contribution in [0.2, 0.25) is 0 Å². The third-order valence-corrected chi connectivity index (χ3v) is 8.11. The summed E-state index contributed by atoms with van der Waals surface area (Å²) in [6, 6.07) is 8.06. The third-order valence-electron chi connectivity index (χ3n) is 8.11. The number of aromatic hydroxyl groups is 1. The Morgan fingerprint density at radius 1 is 1.10 bits per heavy atom. The van der Waals surface area contributed by atoms with Crippen LogP contribution in [-0.2, 0) is 11.2 Å². The van der Waals surface area contributed by atoms with E-state index in [9.17, 15) is 29.6 Å². The topological polar surface area (TPSA) is 147 Å². The molecular formula is C30H43FN4O6. The van der Waals surface area contributed by atoms with E-state index in [0.29, 0.717) is 36.3 Å². The van der Waals surface area contributed by atoms with E-state index in [-0.39, 0.29) is 30.4 Å². The smallest absolute Gasteiger partial charge is 0.240 e. The van der Waals surface area contributed by atoms with E-state index in [1.54, 1.807) is 37.1 Å². The number of carbonyl (C=O) groups excluding carboxylic acids is 1. The number of halogens is 1. The van der Waals surface area contributed by atoms with Crippen molar-refractivity contribution in [3.63, 3.8) is 0 Å². The van der Waals surface area contributed by atoms with E-state index in [0.717, 1.165) is 12.8 Å². The highest BCUT2D eigenvalue weighted by molar-refractivity contribution is 5.82. The molecule has 226 valence electrons. The Hall–Kier alpha value is -2.80. The molecule has 2 aliphatic rings. The van der Waals surface area contributed by atoms with Crippen molar-refractivity contribution in [1.29, 1.82) is 0 Å². The minimum Gasteiger partial charge on any atom is -0.508 e. The number of likely N-dealkylation sites (N-methyl/N-ethyl adjacent to an activating group) is 1. The molecule has 0 radical (unpaired) electrons. The van der Waals surface area contributed by atoms with Crippen LogP contribution in [0.15, 0.2) is 42.5 Å². The third kappa shape index (κ3) is 7.94. The second-order valence-corrected chi connectivity index (χ2v) is 11.3. The van der Waals surface area contributed by atoms with Gasteiger partial charge in [-0.25, -0.2) is 4.39 Å². The van der Waals surface area contributed by atoms with Crippen LogP contribution in [-0.4, -0.2) is 88.1 Å². The molecule has 0 spiro atoms. The molecular weight excluding hydrogens is 531 g/mol. The average molecular weight is 575 g/mol. The lowest BCUT2D eigenvalue weighted by Crippen LogP contribution is -2.61. The molecule has 7 unspecified atom stereocenters. The number of phenolic OH excluding ortho intramolecular Hbond substituents is 1. The van der Waals surface area contributed by atoms with Crippen LogP contribution < -0.4 is 20.7 Å². The molecule has 1 fully saturated rings. The van der Waals surface area contributed by atoms with Gasteiger partial charge in [-0.2, -0.15) is 0 Å². The normalized spacial score (nSPS) is 30.3. The molecule has 1 aliphatic carbocycles. The van der Waals surface area contributed by atoms with Crippen LogP contribution in [0.4, 0.5) is 4.39 Å². The van der Waals surface area contributed by atoms with E-state index < -0.39 is 42.4 Å². The maximum absolute atomic E-state index is 13.5. The molecule has 1 aliphatic heterocycles. The number of benzene rings is 2. The van der Waals surface area contributed by atoms with Crippen molar-refractivity contribution in [2.45, 2.75) is 82.3 Å². The molecule has 7 atom stereocenters. The summed E-state index contributed by atoms with van der Waals surface area (Å²) in [4.78, 5) is 15.0. The predicted molar refractivity (Wildman–Crippen MR) is 152 cm³/mol. The standard InChI is InChI=1S/C30H43FN4O6/c1-17-16-33-25(19-9-10-19)30(40)35(3)18(2)28(38)34-26(27(37)20-11-13-21(31)14-12-20)29(39)32-15-5-6-22-23(36)7-4-8-24(22)41-17/h4,7-8,11-14,17-19,25-28,30,33-34,36-38,40H,5-6,9-10,15-16H2,1-3H3,(H,32,39). The van der Waals surface area contributed by atoms with Crippen molar-refractivity contribution in [1.82, 2.24) is 20.9 Å². The number of hydrogen-bond acceptors (Lipinski definition) is 9. The molecule has 0 saturated heterocycles. The summed E-state index contributed by atoms with van der Waals surface area (Å²) in [5.41, 5.74) is 0.927. The van der Waals surface area contributed by atoms with Gasteiger partial charge in [0, 0.05) is 30.7 Å². The van der Waals surface area contributed by atoms with Crippen LogP contribution in [0.3, 0.4) is 0 Å². The number of rotatable bonds is 3. The molecule has 2 aromatic carbocycles. The average Bonchev–Trinajstić information content (AvgIpc) is 3.79. The molecule has 1 amide bonds. The van der Waals surface area contributed by atoms with Gasteiger partial charge in [0.05, 0.1) is 0 Å². The minimum atomic E-state index is -1.39. The van der Waals surface area contributed by atoms with E-state index in [2.05, 4.69) is 16.0 Å². The van der Waals surface area contributed by atoms with Gasteiger partial charge >= 0.3 is 0 Å². The SMILES string of the molecule is CC1CNC(C2CC2)C(O)N(C)C(C)C(O)NC(C(O)c2ccc(F)cc2)C(=O)NCCCc2c(O)cccc2O1. The van der Waals surface area contributed by atoms with Crippen molar-refractivity contribution in [2.24, 2.45) is 5.92 Å². The molecule has 11 heteroatoms. The summed E-state index contributed by atoms with van der Waals surface area (Å²) in [6.07, 6.45) is -1.06. The Labute approximate surface area is 240 Å². The number of phenols is 1. The monoisotopic (exact) mass is 574 g/mol. The molecule has 0 bridgehead atoms. The van der Waals surface area contributed by atoms with Gasteiger partial charge in [-0.05, 0) is 82.3 Å². The first-order chi connectivity index (χ1) is 19.6. The van der Waals surface area contributed by atoms with Crippen molar-refractivity contribution in [2.75, 3.05) is 20.1 Å². The molecule has 10 nitrogen and oxygen atoms in total. The van der Waals surface area contributed by atoms with E-state index >= 15 is 0 Å². The predicted octanol–water partition coefficient (Wildman–Crippen LogP) is 1.38. The number of hydrogen-bond donors (Lipinski definition) is 7. The minimum absolute atomic E-state index is 0.0969. The second kappa shape index (κ2) is 13.9. The first-order valence-corrected chi connectivity index (χ1v) is 14.3. The number of carbonyl (C=O) groups is 1. The van der Waals surface area contributed by atoms with Crippen molar-refractivity contribution >= 4 is 5.91 Å². The molecule has 0 aromatic heterocycles. The second-order valence-electron chi connectivity index (χ2n) is 11.3. The zero-order valence-corrected chi connectivity index (χ0v) is 23.8. The largest absolute Gasteiger partial charge is 0.508 e. The summed E-state index contributed by atoms with van der Waals surface area (Å²) >= 11 is 0. The van der Waals surface area contributed by atoms with E-state index in [1.165, 1.54) is 24.3 Å². The highest BCUT2D eigenvalue weighted by Crippen LogP contribution is 2.35. The van der Waals surface area contributed by atoms with Gasteiger partial charge in [0.2, 0.25) is 5.91 Å². The zero-order chi connectivity index (χ0) is 29.7. The molecule has 41 heavy (non-hydrogen) atoms. The fraction of sp³-hybridized carbons (Fsp3) is 0.567. The lowest BCUT2D eigenvalue weighted by atomic mass is 10.00. The maximum Gasteiger partial charge on any atom is 0.240 e. The van der Waals surface area contributed by atoms with Gasteiger partial charge in [-0.1, -0.05) is 18.2 Å². The highest BCUT2D eigenvalue weighted by atomic mass is 19.1. The zero-order valence-electron chi connectivity index (χ0n) is 23.8. The summed E-state index contributed by atoms with van der Waals surface area (Å²) in [6.45, 7) is 4.32. The summed E-state index contributed by atoms with van der Waals surface area (Å²) in [5, 5.41) is 53.2. The molecule has 2 aromatic rings. The fourth-order valence-corrected chi connectivity index (χ4v) is 5.24. The van der Waals surface area contributed by atoms with Gasteiger partial charge in [-0.15, -0.1) is 0 Å². The van der Waals surface area contributed by atoms with Gasteiger partial charge in [-0.3, -0.25) is 15.0 Å². The van der Waals surface area contributed by atoms with Gasteiger partial charge in [0.25, 0.3) is 0 Å². The fourth-order valence-electron chi connectivity index (χ4n) is 5.24. The molecule has 4 rings (SSSR count). The lowest BCUT2D eigenvalue weighted by molar-refractivity contribution is -0.129. The van der Waals surface area contributed by atoms with Crippen LogP contribution in [0.25, 0.3) is 0 Å². The van der Waals surface area contributed by atoms with Crippen LogP contribution in [0, 0.1) is 11.7 Å². The summed E-state index contributed by atoms with van der Waals surface area (Å²) in [5.74, 6) is -0.127. The number of aliphatic hydroxyl groups excluding tert-OH is 3. The molecule has 1 saturated carbocycles. The molecule has 1 heterocycles. The number of aliphatic hydroxyl groups is 3. The Morgan fingerprint density at radius 2 is 1.80 bits per heavy atom.